The first-order valence-corrected chi connectivity index (χ1v) is 7.99. The molecule has 0 bridgehead atoms. The molecule has 2 radical (unpaired) electrons. The van der Waals surface area contributed by atoms with Crippen LogP contribution in [0.4, 0.5) is 0 Å². The quantitative estimate of drug-likeness (QED) is 0.640. The average Bonchev–Trinajstić information content (AvgIpc) is 2.47. The summed E-state index contributed by atoms with van der Waals surface area (Å²) in [6, 6.07) is 19.8. The second-order valence-electron chi connectivity index (χ2n) is 6.64. The Labute approximate surface area is 130 Å². The highest BCUT2D eigenvalue weighted by Gasteiger charge is 2.10. The van der Waals surface area contributed by atoms with Gasteiger partial charge in [0.05, 0.1) is 0 Å². The Balaban J connectivity index is 2.16. The fourth-order valence-corrected chi connectivity index (χ4v) is 2.61. The lowest BCUT2D eigenvalue weighted by atomic mass is 9.89. The van der Waals surface area contributed by atoms with Crippen molar-refractivity contribution in [1.82, 2.24) is 0 Å². The van der Waals surface area contributed by atoms with E-state index in [4.69, 9.17) is 0 Å². The van der Waals surface area contributed by atoms with E-state index in [-0.39, 0.29) is 0 Å². The molecule has 1 atom stereocenters. The van der Waals surface area contributed by atoms with Crippen molar-refractivity contribution in [3.8, 4) is 0 Å². The third kappa shape index (κ3) is 4.20. The Morgan fingerprint density at radius 1 is 0.810 bits per heavy atom. The Hall–Kier alpha value is -1.56. The van der Waals surface area contributed by atoms with Gasteiger partial charge in [0, 0.05) is 0 Å². The van der Waals surface area contributed by atoms with E-state index in [1.807, 2.05) is 0 Å². The lowest BCUT2D eigenvalue weighted by Crippen LogP contribution is -2.01. The summed E-state index contributed by atoms with van der Waals surface area (Å²) in [5, 5.41) is 0. The first-order valence-electron chi connectivity index (χ1n) is 7.99. The van der Waals surface area contributed by atoms with Crippen LogP contribution in [0, 0.1) is 12.1 Å². The van der Waals surface area contributed by atoms with Gasteiger partial charge in [-0.15, -0.1) is 0 Å². The summed E-state index contributed by atoms with van der Waals surface area (Å²) in [6.45, 7) is 11.2. The minimum Gasteiger partial charge on any atom is -0.0587 e. The fourth-order valence-electron chi connectivity index (χ4n) is 2.61. The summed E-state index contributed by atoms with van der Waals surface area (Å²) in [7, 11) is 0. The molecule has 0 amide bonds. The first kappa shape index (κ1) is 15.8. The van der Waals surface area contributed by atoms with Crippen LogP contribution in [0.3, 0.4) is 0 Å². The zero-order valence-electron chi connectivity index (χ0n) is 13.9. The molecule has 0 saturated heterocycles. The van der Waals surface area contributed by atoms with Crippen molar-refractivity contribution >= 4 is 0 Å². The van der Waals surface area contributed by atoms with Crippen LogP contribution in [0.1, 0.15) is 74.6 Å². The lowest BCUT2D eigenvalue weighted by molar-refractivity contribution is 0.749. The Kier molecular flexibility index (Phi) is 5.22. The first-order chi connectivity index (χ1) is 9.97. The summed E-state index contributed by atoms with van der Waals surface area (Å²) in [4.78, 5) is 0. The van der Waals surface area contributed by atoms with Gasteiger partial charge >= 0.3 is 0 Å². The van der Waals surface area contributed by atoms with Gasteiger partial charge in [0.25, 0.3) is 0 Å². The van der Waals surface area contributed by atoms with Gasteiger partial charge in [-0.25, -0.2) is 0 Å². The number of hydrogen-bond donors (Lipinski definition) is 0. The molecule has 0 fully saturated rings. The van der Waals surface area contributed by atoms with Crippen molar-refractivity contribution in [1.29, 1.82) is 0 Å². The minimum absolute atomic E-state index is 0.527. The summed E-state index contributed by atoms with van der Waals surface area (Å²) in [5.41, 5.74) is 5.44. The van der Waals surface area contributed by atoms with Gasteiger partial charge in [-0.05, 0) is 58.6 Å². The van der Waals surface area contributed by atoms with Gasteiger partial charge in [0.2, 0.25) is 0 Å². The molecule has 110 valence electrons. The minimum atomic E-state index is 0.527. The predicted octanol–water partition coefficient (Wildman–Crippen LogP) is 5.88. The highest BCUT2D eigenvalue weighted by atomic mass is 14.1. The second kappa shape index (κ2) is 6.93. The maximum absolute atomic E-state index is 3.35. The maximum atomic E-state index is 3.35. The maximum Gasteiger partial charge on any atom is -0.0146 e. The standard InChI is InChI=1S/C21H26/c1-15(2)19-9-6-8-18(13-19)12-17(5)21-11-7-10-20(14-21)16(3)4/h6-8,11,13-17H,12H2,1-5H3. The molecule has 0 heterocycles. The van der Waals surface area contributed by atoms with Crippen molar-refractivity contribution in [3.63, 3.8) is 0 Å². The van der Waals surface area contributed by atoms with Gasteiger partial charge in [-0.3, -0.25) is 0 Å². The Morgan fingerprint density at radius 2 is 1.38 bits per heavy atom. The molecular formula is C21H26. The monoisotopic (exact) mass is 278 g/mol. The summed E-state index contributed by atoms with van der Waals surface area (Å²) < 4.78 is 0. The zero-order valence-corrected chi connectivity index (χ0v) is 13.9. The van der Waals surface area contributed by atoms with Crippen molar-refractivity contribution in [2.24, 2.45) is 0 Å². The van der Waals surface area contributed by atoms with Crippen LogP contribution in [0.2, 0.25) is 0 Å². The van der Waals surface area contributed by atoms with Crippen LogP contribution < -0.4 is 0 Å². The summed E-state index contributed by atoms with van der Waals surface area (Å²) in [6.07, 6.45) is 1.08. The molecule has 0 aliphatic carbocycles. The molecule has 0 N–H and O–H groups in total. The molecule has 2 aromatic rings. The van der Waals surface area contributed by atoms with E-state index < -0.39 is 0 Å². The molecule has 0 nitrogen and oxygen atoms in total. The third-order valence-electron chi connectivity index (χ3n) is 4.09. The number of rotatable bonds is 5. The predicted molar refractivity (Wildman–Crippen MR) is 90.9 cm³/mol. The Bertz CT molecular complexity index is 578. The zero-order chi connectivity index (χ0) is 15.4. The van der Waals surface area contributed by atoms with Crippen LogP contribution in [-0.4, -0.2) is 0 Å². The molecule has 0 aliphatic rings. The van der Waals surface area contributed by atoms with Crippen molar-refractivity contribution in [3.05, 3.63) is 70.8 Å². The van der Waals surface area contributed by atoms with Gasteiger partial charge < -0.3 is 0 Å². The summed E-state index contributed by atoms with van der Waals surface area (Å²) in [5.74, 6) is 1.61. The molecule has 0 aliphatic heterocycles. The molecular weight excluding hydrogens is 252 g/mol. The van der Waals surface area contributed by atoms with Crippen LogP contribution in [0.25, 0.3) is 0 Å². The molecule has 0 aromatic heterocycles. The largest absolute Gasteiger partial charge is 0.0587 e. The molecule has 2 aromatic carbocycles. The van der Waals surface area contributed by atoms with Gasteiger partial charge in [-0.1, -0.05) is 71.0 Å². The lowest BCUT2D eigenvalue weighted by Gasteiger charge is -2.15. The molecule has 0 saturated carbocycles. The summed E-state index contributed by atoms with van der Waals surface area (Å²) >= 11 is 0. The number of hydrogen-bond acceptors (Lipinski definition) is 0. The Morgan fingerprint density at radius 3 is 2.00 bits per heavy atom. The number of benzene rings is 2. The van der Waals surface area contributed by atoms with Crippen molar-refractivity contribution < 1.29 is 0 Å². The van der Waals surface area contributed by atoms with E-state index in [1.54, 1.807) is 0 Å². The third-order valence-corrected chi connectivity index (χ3v) is 4.09. The van der Waals surface area contributed by atoms with Crippen LogP contribution >= 0.6 is 0 Å². The van der Waals surface area contributed by atoms with Gasteiger partial charge in [0.15, 0.2) is 0 Å². The highest BCUT2D eigenvalue weighted by molar-refractivity contribution is 5.30. The van der Waals surface area contributed by atoms with Crippen molar-refractivity contribution in [2.45, 2.75) is 58.8 Å². The average molecular weight is 278 g/mol. The fraction of sp³-hybridized carbons (Fsp3) is 0.429. The van der Waals surface area contributed by atoms with E-state index in [9.17, 15) is 0 Å². The normalized spacial score (nSPS) is 12.9. The van der Waals surface area contributed by atoms with E-state index >= 15 is 0 Å². The van der Waals surface area contributed by atoms with E-state index in [2.05, 4.69) is 83.1 Å². The molecule has 2 rings (SSSR count). The molecule has 0 spiro atoms. The van der Waals surface area contributed by atoms with Gasteiger partial charge in [-0.2, -0.15) is 0 Å². The van der Waals surface area contributed by atoms with Crippen molar-refractivity contribution in [2.75, 3.05) is 0 Å². The van der Waals surface area contributed by atoms with E-state index in [0.29, 0.717) is 17.8 Å². The van der Waals surface area contributed by atoms with E-state index in [1.165, 1.54) is 22.3 Å². The van der Waals surface area contributed by atoms with E-state index in [0.717, 1.165) is 6.42 Å². The SMILES string of the molecule is CC(C)c1[c]ccc(CC(C)c2cc[c]c(C(C)C)c2)c1. The van der Waals surface area contributed by atoms with Crippen LogP contribution in [0.5, 0.6) is 0 Å². The molecule has 0 heteroatoms. The smallest absolute Gasteiger partial charge is 0.0146 e. The molecule has 1 unspecified atom stereocenters. The van der Waals surface area contributed by atoms with Crippen LogP contribution in [0.15, 0.2) is 36.4 Å². The molecule has 21 heavy (non-hydrogen) atoms. The van der Waals surface area contributed by atoms with Crippen LogP contribution in [-0.2, 0) is 6.42 Å². The second-order valence-corrected chi connectivity index (χ2v) is 6.64. The topological polar surface area (TPSA) is 0 Å². The highest BCUT2D eigenvalue weighted by Crippen LogP contribution is 2.25. The van der Waals surface area contributed by atoms with Gasteiger partial charge in [0.1, 0.15) is 0 Å².